The van der Waals surface area contributed by atoms with Crippen molar-refractivity contribution in [2.45, 2.75) is 6.92 Å². The molecule has 0 amide bonds. The van der Waals surface area contributed by atoms with Crippen LogP contribution < -0.4 is 0 Å². The predicted molar refractivity (Wildman–Crippen MR) is 66.9 cm³/mol. The van der Waals surface area contributed by atoms with Crippen molar-refractivity contribution in [3.63, 3.8) is 0 Å². The molecule has 0 bridgehead atoms. The molecule has 0 saturated carbocycles. The summed E-state index contributed by atoms with van der Waals surface area (Å²) in [6.45, 7) is 1.97. The summed E-state index contributed by atoms with van der Waals surface area (Å²) in [5.74, 6) is -0.983. The van der Waals surface area contributed by atoms with Crippen molar-refractivity contribution in [2.24, 2.45) is 0 Å². The van der Waals surface area contributed by atoms with Crippen molar-refractivity contribution in [3.05, 3.63) is 38.6 Å². The second-order valence-corrected chi connectivity index (χ2v) is 5.08. The SMILES string of the molecule is Cc1ccc(Br)cc1-c1csc(C(=O)O)n1. The van der Waals surface area contributed by atoms with Gasteiger partial charge in [-0.1, -0.05) is 22.0 Å². The van der Waals surface area contributed by atoms with Crippen molar-refractivity contribution < 1.29 is 9.90 Å². The molecule has 1 heterocycles. The maximum Gasteiger partial charge on any atom is 0.365 e. The van der Waals surface area contributed by atoms with Gasteiger partial charge in [0.1, 0.15) is 0 Å². The van der Waals surface area contributed by atoms with Crippen LogP contribution in [0.4, 0.5) is 0 Å². The van der Waals surface area contributed by atoms with Crippen molar-refractivity contribution in [1.82, 2.24) is 4.98 Å². The number of aromatic nitrogens is 1. The van der Waals surface area contributed by atoms with Gasteiger partial charge in [-0.15, -0.1) is 11.3 Å². The summed E-state index contributed by atoms with van der Waals surface area (Å²) in [7, 11) is 0. The van der Waals surface area contributed by atoms with Gasteiger partial charge in [0.2, 0.25) is 5.01 Å². The number of aryl methyl sites for hydroxylation is 1. The highest BCUT2D eigenvalue weighted by atomic mass is 79.9. The number of halogens is 1. The van der Waals surface area contributed by atoms with Gasteiger partial charge in [0.15, 0.2) is 0 Å². The Kier molecular flexibility index (Phi) is 3.07. The van der Waals surface area contributed by atoms with E-state index in [0.29, 0.717) is 5.69 Å². The number of carboxylic acid groups (broad SMARTS) is 1. The third kappa shape index (κ3) is 2.15. The second kappa shape index (κ2) is 4.35. The first kappa shape index (κ1) is 11.3. The molecule has 1 aromatic heterocycles. The summed E-state index contributed by atoms with van der Waals surface area (Å²) < 4.78 is 0.956. The summed E-state index contributed by atoms with van der Waals surface area (Å²) in [4.78, 5) is 14.8. The third-order valence-electron chi connectivity index (χ3n) is 2.16. The molecule has 82 valence electrons. The van der Waals surface area contributed by atoms with Crippen molar-refractivity contribution in [2.75, 3.05) is 0 Å². The number of nitrogens with zero attached hydrogens (tertiary/aromatic N) is 1. The van der Waals surface area contributed by atoms with Crippen LogP contribution >= 0.6 is 27.3 Å². The van der Waals surface area contributed by atoms with Crippen molar-refractivity contribution in [1.29, 1.82) is 0 Å². The lowest BCUT2D eigenvalue weighted by atomic mass is 10.1. The Morgan fingerprint density at radius 3 is 2.88 bits per heavy atom. The summed E-state index contributed by atoms with van der Waals surface area (Å²) in [5, 5.41) is 10.7. The standard InChI is InChI=1S/C11H8BrNO2S/c1-6-2-3-7(12)4-8(6)9-5-16-10(13-9)11(14)15/h2-5H,1H3,(H,14,15). The van der Waals surface area contributed by atoms with E-state index in [1.165, 1.54) is 0 Å². The second-order valence-electron chi connectivity index (χ2n) is 3.30. The fraction of sp³-hybridized carbons (Fsp3) is 0.0909. The smallest absolute Gasteiger partial charge is 0.365 e. The Balaban J connectivity index is 2.50. The zero-order valence-corrected chi connectivity index (χ0v) is 10.8. The highest BCUT2D eigenvalue weighted by Crippen LogP contribution is 2.27. The minimum absolute atomic E-state index is 0.120. The third-order valence-corrected chi connectivity index (χ3v) is 3.49. The summed E-state index contributed by atoms with van der Waals surface area (Å²) >= 11 is 4.53. The fourth-order valence-electron chi connectivity index (χ4n) is 1.37. The number of benzene rings is 1. The Morgan fingerprint density at radius 1 is 1.50 bits per heavy atom. The first-order chi connectivity index (χ1) is 7.58. The van der Waals surface area contributed by atoms with Crippen LogP contribution in [0.3, 0.4) is 0 Å². The minimum Gasteiger partial charge on any atom is -0.476 e. The molecule has 1 N–H and O–H groups in total. The summed E-state index contributed by atoms with van der Waals surface area (Å²) in [6, 6.07) is 5.86. The maximum absolute atomic E-state index is 10.7. The van der Waals surface area contributed by atoms with Crippen LogP contribution in [0.5, 0.6) is 0 Å². The van der Waals surface area contributed by atoms with Gasteiger partial charge in [-0.3, -0.25) is 0 Å². The molecule has 0 atom stereocenters. The topological polar surface area (TPSA) is 50.2 Å². The average Bonchev–Trinajstić information content (AvgIpc) is 2.70. The molecule has 0 aliphatic carbocycles. The number of carboxylic acids is 1. The van der Waals surface area contributed by atoms with Gasteiger partial charge < -0.3 is 5.11 Å². The van der Waals surface area contributed by atoms with Crippen LogP contribution in [0, 0.1) is 6.92 Å². The number of thiazole rings is 1. The molecule has 0 radical (unpaired) electrons. The van der Waals surface area contributed by atoms with Crippen LogP contribution in [0.2, 0.25) is 0 Å². The number of carbonyl (C=O) groups is 1. The zero-order chi connectivity index (χ0) is 11.7. The Hall–Kier alpha value is -1.20. The first-order valence-electron chi connectivity index (χ1n) is 4.53. The molecule has 1 aromatic carbocycles. The van der Waals surface area contributed by atoms with Crippen LogP contribution in [0.1, 0.15) is 15.4 Å². The van der Waals surface area contributed by atoms with Crippen LogP contribution in [-0.2, 0) is 0 Å². The van der Waals surface area contributed by atoms with E-state index in [4.69, 9.17) is 5.11 Å². The van der Waals surface area contributed by atoms with E-state index >= 15 is 0 Å². The molecule has 0 aliphatic heterocycles. The molecule has 0 unspecified atom stereocenters. The molecular weight excluding hydrogens is 290 g/mol. The summed E-state index contributed by atoms with van der Waals surface area (Å²) in [5.41, 5.74) is 2.74. The average molecular weight is 298 g/mol. The molecule has 0 spiro atoms. The summed E-state index contributed by atoms with van der Waals surface area (Å²) in [6.07, 6.45) is 0. The number of rotatable bonds is 2. The number of hydrogen-bond acceptors (Lipinski definition) is 3. The fourth-order valence-corrected chi connectivity index (χ4v) is 2.38. The van der Waals surface area contributed by atoms with Gasteiger partial charge in [0.05, 0.1) is 5.69 Å². The Labute approximate surface area is 105 Å². The van der Waals surface area contributed by atoms with E-state index in [2.05, 4.69) is 20.9 Å². The van der Waals surface area contributed by atoms with E-state index in [9.17, 15) is 4.79 Å². The van der Waals surface area contributed by atoms with Crippen LogP contribution in [0.15, 0.2) is 28.1 Å². The molecule has 0 aliphatic rings. The van der Waals surface area contributed by atoms with E-state index in [1.54, 1.807) is 5.38 Å². The van der Waals surface area contributed by atoms with Gasteiger partial charge in [-0.25, -0.2) is 9.78 Å². The van der Waals surface area contributed by atoms with Crippen molar-refractivity contribution >= 4 is 33.2 Å². The molecule has 2 rings (SSSR count). The molecule has 3 nitrogen and oxygen atoms in total. The van der Waals surface area contributed by atoms with Gasteiger partial charge in [0.25, 0.3) is 0 Å². The molecule has 0 saturated heterocycles. The highest BCUT2D eigenvalue weighted by Gasteiger charge is 2.11. The molecule has 2 aromatic rings. The van der Waals surface area contributed by atoms with Crippen LogP contribution in [0.25, 0.3) is 11.3 Å². The predicted octanol–water partition coefficient (Wildman–Crippen LogP) is 3.58. The molecular formula is C11H8BrNO2S. The normalized spacial score (nSPS) is 10.4. The van der Waals surface area contributed by atoms with Crippen LogP contribution in [-0.4, -0.2) is 16.1 Å². The van der Waals surface area contributed by atoms with E-state index in [0.717, 1.165) is 26.9 Å². The maximum atomic E-state index is 10.7. The first-order valence-corrected chi connectivity index (χ1v) is 6.20. The highest BCUT2D eigenvalue weighted by molar-refractivity contribution is 9.10. The lowest BCUT2D eigenvalue weighted by Gasteiger charge is -2.02. The van der Waals surface area contributed by atoms with Gasteiger partial charge in [-0.2, -0.15) is 0 Å². The molecule has 0 fully saturated rings. The number of hydrogen-bond donors (Lipinski definition) is 1. The Bertz CT molecular complexity index is 551. The lowest BCUT2D eigenvalue weighted by molar-refractivity contribution is 0.0696. The van der Waals surface area contributed by atoms with Crippen molar-refractivity contribution in [3.8, 4) is 11.3 Å². The molecule has 16 heavy (non-hydrogen) atoms. The molecule has 5 heteroatoms. The van der Waals surface area contributed by atoms with Gasteiger partial charge in [0, 0.05) is 15.4 Å². The monoisotopic (exact) mass is 297 g/mol. The minimum atomic E-state index is -0.983. The quantitative estimate of drug-likeness (QED) is 0.922. The number of aromatic carboxylic acids is 1. The zero-order valence-electron chi connectivity index (χ0n) is 8.40. The van der Waals surface area contributed by atoms with Gasteiger partial charge >= 0.3 is 5.97 Å². The van der Waals surface area contributed by atoms with Gasteiger partial charge in [-0.05, 0) is 24.6 Å². The Morgan fingerprint density at radius 2 is 2.25 bits per heavy atom. The van der Waals surface area contributed by atoms with E-state index in [1.807, 2.05) is 25.1 Å². The van der Waals surface area contributed by atoms with E-state index < -0.39 is 5.97 Å². The lowest BCUT2D eigenvalue weighted by Crippen LogP contribution is -1.94. The van der Waals surface area contributed by atoms with E-state index in [-0.39, 0.29) is 5.01 Å². The largest absolute Gasteiger partial charge is 0.476 e.